The maximum absolute atomic E-state index is 15.0. The molecule has 200 valence electrons. The van der Waals surface area contributed by atoms with Crippen LogP contribution in [0.5, 0.6) is 0 Å². The van der Waals surface area contributed by atoms with Gasteiger partial charge in [-0.1, -0.05) is 0 Å². The van der Waals surface area contributed by atoms with Gasteiger partial charge >= 0.3 is 5.51 Å². The third kappa shape index (κ3) is 7.14. The van der Waals surface area contributed by atoms with E-state index in [0.717, 1.165) is 0 Å². The molecule has 1 aromatic rings. The minimum Gasteiger partial charge on any atom is -0.379 e. The predicted octanol–water partition coefficient (Wildman–Crippen LogP) is 2.80. The van der Waals surface area contributed by atoms with E-state index in [2.05, 4.69) is 4.40 Å². The second-order valence-corrected chi connectivity index (χ2v) is 12.7. The number of alkyl halides is 3. The largest absolute Gasteiger partial charge is 0.501 e. The van der Waals surface area contributed by atoms with E-state index in [1.165, 1.54) is 4.90 Å². The number of hydrogen-bond donors (Lipinski definition) is 0. The number of halogens is 6. The maximum Gasteiger partial charge on any atom is 0.501 e. The number of sulfonamides is 1. The Kier molecular flexibility index (Phi) is 8.00. The van der Waals surface area contributed by atoms with Crippen LogP contribution in [0.4, 0.5) is 36.2 Å². The van der Waals surface area contributed by atoms with Crippen LogP contribution in [0, 0.1) is 10.1 Å². The van der Waals surface area contributed by atoms with E-state index in [0.29, 0.717) is 11.4 Å². The minimum absolute atomic E-state index is 0.142. The molecule has 0 atom stereocenters. The molecule has 0 spiro atoms. The Bertz CT molecular complexity index is 1300. The Balaban J connectivity index is 2.76. The van der Waals surface area contributed by atoms with Crippen molar-refractivity contribution in [3.63, 3.8) is 0 Å². The molecule has 0 aliphatic carbocycles. The minimum atomic E-state index is -7.84. The molecule has 0 aromatic heterocycles. The zero-order valence-corrected chi connectivity index (χ0v) is 20.1. The van der Waals surface area contributed by atoms with Gasteiger partial charge in [-0.3, -0.25) is 19.3 Å². The topological polar surface area (TPSA) is 139 Å². The highest BCUT2D eigenvalue weighted by Gasteiger charge is 2.48. The zero-order chi connectivity index (χ0) is 26.9. The van der Waals surface area contributed by atoms with Crippen LogP contribution in [0.1, 0.15) is 0 Å². The molecule has 0 saturated carbocycles. The van der Waals surface area contributed by atoms with Crippen molar-refractivity contribution >= 4 is 46.5 Å². The number of isothiocyanates is 1. The highest BCUT2D eigenvalue weighted by molar-refractivity contribution is 8.36. The first-order chi connectivity index (χ1) is 15.7. The lowest BCUT2D eigenvalue weighted by Crippen LogP contribution is -2.41. The van der Waals surface area contributed by atoms with Gasteiger partial charge in [0.15, 0.2) is 0 Å². The van der Waals surface area contributed by atoms with Crippen molar-refractivity contribution in [3.8, 4) is 0 Å². The average molecular weight is 577 g/mol. The fourth-order valence-electron chi connectivity index (χ4n) is 2.82. The van der Waals surface area contributed by atoms with E-state index in [1.807, 2.05) is 0 Å². The van der Waals surface area contributed by atoms with Crippen LogP contribution in [0.15, 0.2) is 27.5 Å². The Morgan fingerprint density at radius 1 is 1.20 bits per heavy atom. The number of benzene rings is 1. The van der Waals surface area contributed by atoms with E-state index in [-0.39, 0.29) is 51.0 Å². The fraction of sp³-hybridized carbons (Fsp3) is 0.533. The fourth-order valence-corrected chi connectivity index (χ4v) is 5.57. The first-order valence-electron chi connectivity index (χ1n) is 9.20. The maximum atomic E-state index is 15.0. The molecular formula is C15H18F6N4O7S3. The lowest BCUT2D eigenvalue weighted by Gasteiger charge is -2.37. The van der Waals surface area contributed by atoms with Gasteiger partial charge < -0.3 is 4.74 Å². The molecule has 1 aliphatic heterocycles. The van der Waals surface area contributed by atoms with Crippen LogP contribution in [0.25, 0.3) is 0 Å². The van der Waals surface area contributed by atoms with Crippen LogP contribution in [0.2, 0.25) is 0 Å². The van der Waals surface area contributed by atoms with Gasteiger partial charge in [0, 0.05) is 32.2 Å². The van der Waals surface area contributed by atoms with Crippen LogP contribution in [-0.4, -0.2) is 83.0 Å². The molecular weight excluding hydrogens is 558 g/mol. The first kappa shape index (κ1) is 29.0. The summed E-state index contributed by atoms with van der Waals surface area (Å²) in [7, 11) is -18.5. The van der Waals surface area contributed by atoms with E-state index in [4.69, 9.17) is 4.74 Å². The second-order valence-electron chi connectivity index (χ2n) is 7.03. The number of sulfone groups is 1. The molecule has 1 fully saturated rings. The summed E-state index contributed by atoms with van der Waals surface area (Å²) in [4.78, 5) is 9.87. The second kappa shape index (κ2) is 9.66. The normalized spacial score (nSPS) is 17.2. The lowest BCUT2D eigenvalue weighted by molar-refractivity contribution is -0.384. The summed E-state index contributed by atoms with van der Waals surface area (Å²) in [5.74, 6) is 0. The molecule has 11 nitrogen and oxygen atoms in total. The van der Waals surface area contributed by atoms with Crippen LogP contribution >= 0.6 is 10.1 Å². The van der Waals surface area contributed by atoms with Gasteiger partial charge in [-0.25, -0.2) is 16.8 Å². The molecule has 1 aliphatic rings. The molecule has 0 bridgehead atoms. The number of rotatable bonds is 8. The molecule has 0 radical (unpaired) electrons. The van der Waals surface area contributed by atoms with Gasteiger partial charge in [-0.15, -0.1) is 16.1 Å². The van der Waals surface area contributed by atoms with Gasteiger partial charge in [0.1, 0.15) is 10.8 Å². The molecule has 0 N–H and O–H groups in total. The van der Waals surface area contributed by atoms with Crippen molar-refractivity contribution in [1.29, 1.82) is 0 Å². The monoisotopic (exact) mass is 576 g/mol. The third-order valence-corrected chi connectivity index (χ3v) is 7.96. The molecule has 1 heterocycles. The quantitative estimate of drug-likeness (QED) is 0.150. The summed E-state index contributed by atoms with van der Waals surface area (Å²) in [6.07, 6.45) is 0.347. The van der Waals surface area contributed by atoms with Gasteiger partial charge in [0.25, 0.3) is 35.6 Å². The zero-order valence-electron chi connectivity index (χ0n) is 17.6. The van der Waals surface area contributed by atoms with Crippen LogP contribution in [0.3, 0.4) is 0 Å². The summed E-state index contributed by atoms with van der Waals surface area (Å²) in [6, 6.07) is 0.201. The summed E-state index contributed by atoms with van der Waals surface area (Å²) in [5.41, 5.74) is -8.78. The Morgan fingerprint density at radius 3 is 2.26 bits per heavy atom. The Morgan fingerprint density at radius 2 is 1.77 bits per heavy atom. The molecule has 1 aromatic carbocycles. The van der Waals surface area contributed by atoms with Crippen molar-refractivity contribution < 1.29 is 51.3 Å². The van der Waals surface area contributed by atoms with E-state index >= 15 is 11.7 Å². The number of ether oxygens (including phenoxy) is 1. The Hall–Kier alpha value is -2.25. The number of morpholine rings is 1. The van der Waals surface area contributed by atoms with E-state index in [1.54, 1.807) is 0 Å². The van der Waals surface area contributed by atoms with Crippen molar-refractivity contribution in [1.82, 2.24) is 4.90 Å². The standard InChI is InChI=1S/C15H18F6N4O7S3/c1-33(28,29)22-11-35(19,20,21)24(5-4-23-6-8-32-9-7-23)13-3-2-12(10-14(13)25(26)27)34(30,31)15(16,17)18/h2-3,10H,4-9H2,1H3. The number of nitrogens with zero attached hydrogens (tertiary/aromatic N) is 4. The Labute approximate surface area is 196 Å². The number of nitro benzene ring substituents is 1. The predicted molar refractivity (Wildman–Crippen MR) is 114 cm³/mol. The molecule has 20 heteroatoms. The molecule has 35 heavy (non-hydrogen) atoms. The third-order valence-electron chi connectivity index (χ3n) is 4.46. The first-order valence-corrected chi connectivity index (χ1v) is 14.2. The molecule has 0 unspecified atom stereocenters. The van der Waals surface area contributed by atoms with Crippen LogP contribution < -0.4 is 4.31 Å². The highest BCUT2D eigenvalue weighted by atomic mass is 32.4. The van der Waals surface area contributed by atoms with Gasteiger partial charge in [0.05, 0.1) is 29.3 Å². The van der Waals surface area contributed by atoms with Crippen molar-refractivity contribution in [2.24, 2.45) is 4.40 Å². The van der Waals surface area contributed by atoms with Gasteiger partial charge in [-0.2, -0.15) is 13.2 Å². The SMILES string of the molecule is CS(=O)(=O)N=C=S(F)(F)(F)N(CCN1CCOCC1)c1ccc(S(=O)(=O)C(F)(F)F)cc1[N+](=O)[O-]. The summed E-state index contributed by atoms with van der Waals surface area (Å²) < 4.78 is 136. The van der Waals surface area contributed by atoms with E-state index in [9.17, 15) is 40.1 Å². The summed E-state index contributed by atoms with van der Waals surface area (Å²) in [6.45, 7) is -0.614. The number of hydrogen-bond acceptors (Lipinski definition) is 9. The van der Waals surface area contributed by atoms with E-state index < -0.39 is 67.5 Å². The molecule has 0 amide bonds. The summed E-state index contributed by atoms with van der Waals surface area (Å²) in [5, 5.41) is 12.1. The van der Waals surface area contributed by atoms with Crippen molar-refractivity contribution in [2.45, 2.75) is 10.4 Å². The highest BCUT2D eigenvalue weighted by Crippen LogP contribution is 2.68. The lowest BCUT2D eigenvalue weighted by atomic mass is 10.2. The van der Waals surface area contributed by atoms with Gasteiger partial charge in [0.2, 0.25) is 0 Å². The van der Waals surface area contributed by atoms with Crippen LogP contribution in [-0.2, 0) is 24.6 Å². The number of nitro groups is 1. The number of anilines is 1. The summed E-state index contributed by atoms with van der Waals surface area (Å²) >= 11 is 0. The molecule has 1 saturated heterocycles. The average Bonchev–Trinajstić information content (AvgIpc) is 2.71. The van der Waals surface area contributed by atoms with Crippen molar-refractivity contribution in [3.05, 3.63) is 28.3 Å². The van der Waals surface area contributed by atoms with Crippen molar-refractivity contribution in [2.75, 3.05) is 50.0 Å². The van der Waals surface area contributed by atoms with Gasteiger partial charge in [-0.05, 0) is 12.1 Å². The molecule has 2 rings (SSSR count). The smallest absolute Gasteiger partial charge is 0.379 e.